The Bertz CT molecular complexity index is 563. The van der Waals surface area contributed by atoms with Crippen LogP contribution >= 0.6 is 11.8 Å². The average Bonchev–Trinajstić information content (AvgIpc) is 2.58. The zero-order valence-corrected chi connectivity index (χ0v) is 16.5. The van der Waals surface area contributed by atoms with Gasteiger partial charge >= 0.3 is 6.09 Å². The van der Waals surface area contributed by atoms with Crippen LogP contribution in [0, 0.1) is 5.92 Å². The first-order chi connectivity index (χ1) is 11.9. The molecule has 1 aliphatic heterocycles. The van der Waals surface area contributed by atoms with Crippen molar-refractivity contribution in [2.24, 2.45) is 5.92 Å². The Labute approximate surface area is 154 Å². The number of thioether (sulfide) groups is 1. The molecule has 1 atom stereocenters. The number of hydrogen-bond acceptors (Lipinski definition) is 6. The van der Waals surface area contributed by atoms with E-state index in [-0.39, 0.29) is 6.09 Å². The average molecular weight is 368 g/mol. The summed E-state index contributed by atoms with van der Waals surface area (Å²) in [5.41, 5.74) is -0.439. The van der Waals surface area contributed by atoms with Crippen molar-refractivity contribution in [3.63, 3.8) is 0 Å². The fourth-order valence-electron chi connectivity index (χ4n) is 2.85. The fraction of sp³-hybridized carbons (Fsp3) is 0.722. The van der Waals surface area contributed by atoms with Gasteiger partial charge in [-0.2, -0.15) is 4.98 Å². The maximum absolute atomic E-state index is 12.2. The van der Waals surface area contributed by atoms with Gasteiger partial charge in [-0.1, -0.05) is 11.8 Å². The van der Waals surface area contributed by atoms with Gasteiger partial charge in [-0.3, -0.25) is 0 Å². The van der Waals surface area contributed by atoms with Gasteiger partial charge in [-0.25, -0.2) is 9.78 Å². The summed E-state index contributed by atoms with van der Waals surface area (Å²) in [7, 11) is 0. The van der Waals surface area contributed by atoms with E-state index in [9.17, 15) is 4.79 Å². The van der Waals surface area contributed by atoms with E-state index in [0.29, 0.717) is 18.4 Å². The van der Waals surface area contributed by atoms with Gasteiger partial charge in [0.25, 0.3) is 0 Å². The molecule has 0 N–H and O–H groups in total. The molecule has 25 heavy (non-hydrogen) atoms. The second kappa shape index (κ2) is 9.27. The summed E-state index contributed by atoms with van der Waals surface area (Å²) in [6.45, 7) is 7.91. The fourth-order valence-corrected chi connectivity index (χ4v) is 3.19. The maximum atomic E-state index is 12.2. The molecular formula is C18H29N3O3S. The SMILES string of the molecule is CSc1nccc(OCCC[C@H]2CCCN(C(=O)OC(C)(C)C)C2)n1. The molecule has 7 heteroatoms. The lowest BCUT2D eigenvalue weighted by molar-refractivity contribution is 0.0159. The highest BCUT2D eigenvalue weighted by atomic mass is 32.2. The van der Waals surface area contributed by atoms with Crippen molar-refractivity contribution >= 4 is 17.9 Å². The largest absolute Gasteiger partial charge is 0.478 e. The van der Waals surface area contributed by atoms with Gasteiger partial charge in [0.15, 0.2) is 5.16 Å². The van der Waals surface area contributed by atoms with E-state index in [2.05, 4.69) is 9.97 Å². The molecule has 1 aliphatic rings. The minimum absolute atomic E-state index is 0.195. The lowest BCUT2D eigenvalue weighted by Gasteiger charge is -2.34. The predicted molar refractivity (Wildman–Crippen MR) is 99.1 cm³/mol. The molecule has 0 spiro atoms. The van der Waals surface area contributed by atoms with Gasteiger partial charge in [0.05, 0.1) is 6.61 Å². The molecule has 1 fully saturated rings. The summed E-state index contributed by atoms with van der Waals surface area (Å²) in [5, 5.41) is 0.720. The zero-order valence-electron chi connectivity index (χ0n) is 15.7. The first-order valence-electron chi connectivity index (χ1n) is 8.85. The van der Waals surface area contributed by atoms with Crippen LogP contribution in [0.5, 0.6) is 5.88 Å². The molecule has 0 aliphatic carbocycles. The van der Waals surface area contributed by atoms with Crippen LogP contribution in [0.4, 0.5) is 4.79 Å². The van der Waals surface area contributed by atoms with E-state index in [1.54, 1.807) is 12.3 Å². The highest BCUT2D eigenvalue weighted by Crippen LogP contribution is 2.23. The van der Waals surface area contributed by atoms with Gasteiger partial charge in [0.1, 0.15) is 5.60 Å². The number of piperidine rings is 1. The van der Waals surface area contributed by atoms with Crippen LogP contribution in [-0.4, -0.2) is 52.5 Å². The number of ether oxygens (including phenoxy) is 2. The summed E-state index contributed by atoms with van der Waals surface area (Å²) in [4.78, 5) is 22.5. The summed E-state index contributed by atoms with van der Waals surface area (Å²) >= 11 is 1.50. The minimum Gasteiger partial charge on any atom is -0.478 e. The summed E-state index contributed by atoms with van der Waals surface area (Å²) < 4.78 is 11.2. The van der Waals surface area contributed by atoms with E-state index in [1.165, 1.54) is 11.8 Å². The molecule has 0 unspecified atom stereocenters. The van der Waals surface area contributed by atoms with E-state index in [0.717, 1.165) is 43.9 Å². The quantitative estimate of drug-likeness (QED) is 0.430. The third-order valence-electron chi connectivity index (χ3n) is 3.97. The van der Waals surface area contributed by atoms with Crippen molar-refractivity contribution in [3.8, 4) is 5.88 Å². The van der Waals surface area contributed by atoms with Crippen molar-refractivity contribution in [1.29, 1.82) is 0 Å². The van der Waals surface area contributed by atoms with Crippen LogP contribution in [0.1, 0.15) is 46.5 Å². The highest BCUT2D eigenvalue weighted by molar-refractivity contribution is 7.98. The normalized spacial score (nSPS) is 18.1. The van der Waals surface area contributed by atoms with Crippen LogP contribution in [0.15, 0.2) is 17.4 Å². The van der Waals surface area contributed by atoms with Crippen molar-refractivity contribution in [2.75, 3.05) is 26.0 Å². The van der Waals surface area contributed by atoms with E-state index in [4.69, 9.17) is 9.47 Å². The molecule has 0 aromatic carbocycles. The lowest BCUT2D eigenvalue weighted by atomic mass is 9.94. The zero-order chi connectivity index (χ0) is 18.3. The van der Waals surface area contributed by atoms with E-state index in [1.807, 2.05) is 31.9 Å². The third-order valence-corrected chi connectivity index (χ3v) is 4.53. The van der Waals surface area contributed by atoms with Gasteiger partial charge in [-0.15, -0.1) is 0 Å². The molecule has 0 radical (unpaired) electrons. The van der Waals surface area contributed by atoms with Gasteiger partial charge in [0, 0.05) is 25.4 Å². The van der Waals surface area contributed by atoms with Crippen LogP contribution in [-0.2, 0) is 4.74 Å². The van der Waals surface area contributed by atoms with Crippen LogP contribution < -0.4 is 4.74 Å². The summed E-state index contributed by atoms with van der Waals surface area (Å²) in [6.07, 6.45) is 7.65. The van der Waals surface area contributed by atoms with E-state index < -0.39 is 5.60 Å². The molecule has 1 aromatic heterocycles. The Kier molecular flexibility index (Phi) is 7.35. The maximum Gasteiger partial charge on any atom is 0.410 e. The Morgan fingerprint density at radius 1 is 1.44 bits per heavy atom. The minimum atomic E-state index is -0.439. The Morgan fingerprint density at radius 3 is 2.96 bits per heavy atom. The lowest BCUT2D eigenvalue weighted by Crippen LogP contribution is -2.42. The molecule has 140 valence electrons. The number of hydrogen-bond donors (Lipinski definition) is 0. The Morgan fingerprint density at radius 2 is 2.24 bits per heavy atom. The Hall–Kier alpha value is -1.50. The van der Waals surface area contributed by atoms with Crippen molar-refractivity contribution < 1.29 is 14.3 Å². The molecule has 1 amide bonds. The predicted octanol–water partition coefficient (Wildman–Crippen LogP) is 4.00. The summed E-state index contributed by atoms with van der Waals surface area (Å²) in [5.74, 6) is 1.13. The highest BCUT2D eigenvalue weighted by Gasteiger charge is 2.27. The molecule has 1 saturated heterocycles. The Balaban J connectivity index is 1.71. The summed E-state index contributed by atoms with van der Waals surface area (Å²) in [6, 6.07) is 1.78. The van der Waals surface area contributed by atoms with Gasteiger partial charge in [0.2, 0.25) is 5.88 Å². The molecule has 2 heterocycles. The third kappa shape index (κ3) is 7.10. The first kappa shape index (κ1) is 19.8. The van der Waals surface area contributed by atoms with Crippen LogP contribution in [0.2, 0.25) is 0 Å². The smallest absolute Gasteiger partial charge is 0.410 e. The van der Waals surface area contributed by atoms with Crippen molar-refractivity contribution in [3.05, 3.63) is 12.3 Å². The number of likely N-dealkylation sites (tertiary alicyclic amines) is 1. The first-order valence-corrected chi connectivity index (χ1v) is 10.1. The standard InChI is InChI=1S/C18H29N3O3S/c1-18(2,3)24-17(22)21-11-5-7-14(13-21)8-6-12-23-15-9-10-19-16(20-15)25-4/h9-10,14H,5-8,11-13H2,1-4H3/t14-/m1/s1. The number of nitrogens with zero attached hydrogens (tertiary/aromatic N) is 3. The van der Waals surface area contributed by atoms with Crippen LogP contribution in [0.3, 0.4) is 0 Å². The topological polar surface area (TPSA) is 64.5 Å². The van der Waals surface area contributed by atoms with E-state index >= 15 is 0 Å². The number of rotatable bonds is 6. The van der Waals surface area contributed by atoms with Crippen LogP contribution in [0.25, 0.3) is 0 Å². The molecule has 0 bridgehead atoms. The number of carbonyl (C=O) groups excluding carboxylic acids is 1. The van der Waals surface area contributed by atoms with Gasteiger partial charge < -0.3 is 14.4 Å². The van der Waals surface area contributed by atoms with Gasteiger partial charge in [-0.05, 0) is 58.6 Å². The molecule has 1 aromatic rings. The number of amides is 1. The molecular weight excluding hydrogens is 338 g/mol. The second-order valence-electron chi connectivity index (χ2n) is 7.31. The van der Waals surface area contributed by atoms with Crippen molar-refractivity contribution in [1.82, 2.24) is 14.9 Å². The number of carbonyl (C=O) groups is 1. The van der Waals surface area contributed by atoms with Crippen molar-refractivity contribution in [2.45, 2.75) is 57.2 Å². The molecule has 2 rings (SSSR count). The number of aromatic nitrogens is 2. The molecule has 0 saturated carbocycles. The monoisotopic (exact) mass is 367 g/mol. The second-order valence-corrected chi connectivity index (χ2v) is 8.08. The molecule has 6 nitrogen and oxygen atoms in total.